The highest BCUT2D eigenvalue weighted by Crippen LogP contribution is 2.49. The van der Waals surface area contributed by atoms with Crippen LogP contribution in [0, 0.1) is 6.92 Å². The van der Waals surface area contributed by atoms with Crippen LogP contribution in [0.2, 0.25) is 0 Å². The molecule has 0 amide bonds. The summed E-state index contributed by atoms with van der Waals surface area (Å²) in [7, 11) is 2.08. The minimum absolute atomic E-state index is 0.133. The Balaban J connectivity index is 1.44. The molecule has 0 atom stereocenters. The lowest BCUT2D eigenvalue weighted by molar-refractivity contribution is -0.660. The van der Waals surface area contributed by atoms with Crippen LogP contribution in [0.5, 0.6) is 11.5 Å². The van der Waals surface area contributed by atoms with Gasteiger partial charge < -0.3 is 9.15 Å². The zero-order valence-corrected chi connectivity index (χ0v) is 21.5. The summed E-state index contributed by atoms with van der Waals surface area (Å²) >= 11 is 0. The third-order valence-corrected chi connectivity index (χ3v) is 7.93. The number of nitrogens with zero attached hydrogens (tertiary/aromatic N) is 1. The Hall–Kier alpha value is -4.37. The molecule has 0 N–H and O–H groups in total. The molecule has 7 rings (SSSR count). The number of fused-ring (bicyclic) bond motifs is 5. The van der Waals surface area contributed by atoms with Crippen molar-refractivity contribution in [3.05, 3.63) is 114 Å². The number of pyridine rings is 1. The van der Waals surface area contributed by atoms with Gasteiger partial charge in [-0.15, -0.1) is 0 Å². The monoisotopic (exact) mass is 482 g/mol. The van der Waals surface area contributed by atoms with Crippen LogP contribution in [0.3, 0.4) is 0 Å². The summed E-state index contributed by atoms with van der Waals surface area (Å²) in [5, 5.41) is 2.25. The van der Waals surface area contributed by atoms with Gasteiger partial charge in [-0.3, -0.25) is 0 Å². The first-order chi connectivity index (χ1) is 17.9. The molecule has 0 spiro atoms. The Labute approximate surface area is 216 Å². The predicted octanol–water partition coefficient (Wildman–Crippen LogP) is 8.48. The summed E-state index contributed by atoms with van der Waals surface area (Å²) in [6.45, 7) is 6.68. The third-order valence-electron chi connectivity index (χ3n) is 7.93. The Morgan fingerprint density at radius 3 is 2.35 bits per heavy atom. The quantitative estimate of drug-likeness (QED) is 0.231. The highest BCUT2D eigenvalue weighted by atomic mass is 16.5. The molecule has 4 aromatic carbocycles. The number of furan rings is 1. The Bertz CT molecular complexity index is 1860. The summed E-state index contributed by atoms with van der Waals surface area (Å²) < 4.78 is 15.3. The van der Waals surface area contributed by atoms with Crippen molar-refractivity contribution in [2.75, 3.05) is 0 Å². The fourth-order valence-electron chi connectivity index (χ4n) is 5.92. The van der Waals surface area contributed by atoms with Crippen molar-refractivity contribution in [3.63, 3.8) is 0 Å². The van der Waals surface area contributed by atoms with Gasteiger partial charge in [-0.2, -0.15) is 0 Å². The first-order valence-electron chi connectivity index (χ1n) is 12.8. The van der Waals surface area contributed by atoms with Crippen molar-refractivity contribution in [1.29, 1.82) is 0 Å². The van der Waals surface area contributed by atoms with Gasteiger partial charge in [-0.1, -0.05) is 74.5 Å². The van der Waals surface area contributed by atoms with Gasteiger partial charge in [0.2, 0.25) is 5.69 Å². The molecule has 2 aromatic heterocycles. The normalized spacial score (nSPS) is 13.8. The maximum absolute atomic E-state index is 6.75. The van der Waals surface area contributed by atoms with Crippen molar-refractivity contribution >= 4 is 21.9 Å². The van der Waals surface area contributed by atoms with Crippen LogP contribution >= 0.6 is 0 Å². The molecule has 0 aliphatic carbocycles. The number of hydrogen-bond acceptors (Lipinski definition) is 2. The van der Waals surface area contributed by atoms with Gasteiger partial charge in [0.1, 0.15) is 29.7 Å². The minimum atomic E-state index is -0.133. The Morgan fingerprint density at radius 2 is 1.49 bits per heavy atom. The number of para-hydroxylation sites is 2. The van der Waals surface area contributed by atoms with E-state index in [2.05, 4.69) is 117 Å². The van der Waals surface area contributed by atoms with Crippen molar-refractivity contribution < 1.29 is 13.7 Å². The minimum Gasteiger partial charge on any atom is -0.457 e. The van der Waals surface area contributed by atoms with Gasteiger partial charge in [-0.05, 0) is 36.2 Å². The predicted molar refractivity (Wildman–Crippen MR) is 149 cm³/mol. The molecule has 0 fully saturated rings. The maximum atomic E-state index is 6.75. The molecule has 0 unspecified atom stereocenters. The maximum Gasteiger partial charge on any atom is 0.216 e. The molecule has 3 heteroatoms. The summed E-state index contributed by atoms with van der Waals surface area (Å²) in [5.41, 5.74) is 9.72. The third kappa shape index (κ3) is 3.17. The second-order valence-electron chi connectivity index (χ2n) is 10.5. The van der Waals surface area contributed by atoms with Crippen LogP contribution in [0.1, 0.15) is 30.5 Å². The van der Waals surface area contributed by atoms with E-state index in [0.29, 0.717) is 0 Å². The van der Waals surface area contributed by atoms with Crippen LogP contribution < -0.4 is 9.30 Å². The molecule has 1 aliphatic heterocycles. The number of aromatic nitrogens is 1. The molecular weight excluding hydrogens is 454 g/mol. The molecule has 0 saturated heterocycles. The topological polar surface area (TPSA) is 26.2 Å². The van der Waals surface area contributed by atoms with E-state index in [-0.39, 0.29) is 5.41 Å². The zero-order valence-electron chi connectivity index (χ0n) is 21.5. The van der Waals surface area contributed by atoms with Crippen molar-refractivity contribution in [1.82, 2.24) is 0 Å². The molecule has 6 aromatic rings. The van der Waals surface area contributed by atoms with E-state index in [0.717, 1.165) is 55.8 Å². The number of hydrogen-bond donors (Lipinski definition) is 0. The van der Waals surface area contributed by atoms with Gasteiger partial charge in [0.05, 0.1) is 5.56 Å². The van der Waals surface area contributed by atoms with Gasteiger partial charge in [-0.25, -0.2) is 4.57 Å². The van der Waals surface area contributed by atoms with E-state index in [1.54, 1.807) is 0 Å². The summed E-state index contributed by atoms with van der Waals surface area (Å²) in [6, 6.07) is 32.0. The average Bonchev–Trinajstić information content (AvgIpc) is 3.28. The smallest absolute Gasteiger partial charge is 0.216 e. The summed E-state index contributed by atoms with van der Waals surface area (Å²) in [5.74, 6) is 1.83. The second kappa shape index (κ2) is 7.81. The van der Waals surface area contributed by atoms with Crippen molar-refractivity contribution in [2.24, 2.45) is 7.05 Å². The first kappa shape index (κ1) is 21.9. The SMILES string of the molecule is Cc1ccc2c(oc3c(-c4ccc5c(c4)Oc4ccccc4C5(C)C)cccc32)c1-c1cccc[n+]1C. The number of ether oxygens (including phenoxy) is 1. The average molecular weight is 483 g/mol. The second-order valence-corrected chi connectivity index (χ2v) is 10.5. The van der Waals surface area contributed by atoms with E-state index in [1.165, 1.54) is 16.7 Å². The molecule has 0 saturated carbocycles. The lowest BCUT2D eigenvalue weighted by Crippen LogP contribution is -2.30. The van der Waals surface area contributed by atoms with Crippen molar-refractivity contribution in [3.8, 4) is 33.9 Å². The van der Waals surface area contributed by atoms with Gasteiger partial charge in [0.15, 0.2) is 6.20 Å². The molecule has 1 aliphatic rings. The fourth-order valence-corrected chi connectivity index (χ4v) is 5.92. The highest BCUT2D eigenvalue weighted by Gasteiger charge is 2.34. The lowest BCUT2D eigenvalue weighted by atomic mass is 9.75. The molecule has 3 heterocycles. The van der Waals surface area contributed by atoms with Crippen LogP contribution in [-0.4, -0.2) is 0 Å². The van der Waals surface area contributed by atoms with E-state index >= 15 is 0 Å². The summed E-state index contributed by atoms with van der Waals surface area (Å²) in [4.78, 5) is 0. The van der Waals surface area contributed by atoms with Crippen LogP contribution in [0.25, 0.3) is 44.3 Å². The van der Waals surface area contributed by atoms with E-state index in [9.17, 15) is 0 Å². The van der Waals surface area contributed by atoms with Crippen molar-refractivity contribution in [2.45, 2.75) is 26.2 Å². The molecule has 37 heavy (non-hydrogen) atoms. The van der Waals surface area contributed by atoms with E-state index < -0.39 is 0 Å². The lowest BCUT2D eigenvalue weighted by Gasteiger charge is -2.34. The highest BCUT2D eigenvalue weighted by molar-refractivity contribution is 6.13. The van der Waals surface area contributed by atoms with Gasteiger partial charge in [0.25, 0.3) is 0 Å². The first-order valence-corrected chi connectivity index (χ1v) is 12.8. The van der Waals surface area contributed by atoms with Crippen LogP contribution in [0.15, 0.2) is 102 Å². The molecular formula is C34H28NO2+. The standard InChI is InChI=1S/C34H28NO2/c1-21-15-17-25-24-11-9-10-23(32(24)37-33(25)31(21)28-13-7-8-19-35(28)4)22-16-18-27-30(20-22)36-29-14-6-5-12-26(29)34(27,2)3/h5-20H,1-4H3/q+1. The fraction of sp³-hybridized carbons (Fsp3) is 0.147. The molecule has 3 nitrogen and oxygen atoms in total. The number of rotatable bonds is 2. The summed E-state index contributed by atoms with van der Waals surface area (Å²) in [6.07, 6.45) is 2.08. The van der Waals surface area contributed by atoms with Gasteiger partial charge in [0, 0.05) is 45.0 Å². The van der Waals surface area contributed by atoms with Crippen LogP contribution in [0.4, 0.5) is 0 Å². The van der Waals surface area contributed by atoms with Crippen LogP contribution in [-0.2, 0) is 12.5 Å². The molecule has 0 bridgehead atoms. The zero-order chi connectivity index (χ0) is 25.3. The number of benzene rings is 4. The van der Waals surface area contributed by atoms with Gasteiger partial charge >= 0.3 is 0 Å². The number of aryl methyl sites for hydroxylation is 2. The van der Waals surface area contributed by atoms with E-state index in [4.69, 9.17) is 9.15 Å². The largest absolute Gasteiger partial charge is 0.457 e. The molecule has 180 valence electrons. The Morgan fingerprint density at radius 1 is 0.703 bits per heavy atom. The Kier molecular flexibility index (Phi) is 4.62. The molecule has 0 radical (unpaired) electrons. The van der Waals surface area contributed by atoms with E-state index in [1.807, 2.05) is 12.1 Å².